The first kappa shape index (κ1) is 19.9. The lowest BCUT2D eigenvalue weighted by molar-refractivity contribution is -0.115. The Morgan fingerprint density at radius 3 is 2.79 bits per heavy atom. The first-order valence-corrected chi connectivity index (χ1v) is 10.1. The van der Waals surface area contributed by atoms with Gasteiger partial charge in [-0.05, 0) is 55.9 Å². The molecule has 28 heavy (non-hydrogen) atoms. The Kier molecular flexibility index (Phi) is 6.32. The zero-order valence-corrected chi connectivity index (χ0v) is 16.4. The summed E-state index contributed by atoms with van der Waals surface area (Å²) in [5.41, 5.74) is 2.93. The highest BCUT2D eigenvalue weighted by Gasteiger charge is 2.24. The maximum Gasteiger partial charge on any atom is 0.337 e. The van der Waals surface area contributed by atoms with E-state index >= 15 is 0 Å². The first-order chi connectivity index (χ1) is 13.5. The Hall–Kier alpha value is -2.85. The van der Waals surface area contributed by atoms with Crippen LogP contribution in [0.2, 0.25) is 0 Å². The number of aromatic nitrogens is 1. The first-order valence-electron chi connectivity index (χ1n) is 9.26. The molecule has 1 aliphatic carbocycles. The van der Waals surface area contributed by atoms with E-state index in [-0.39, 0.29) is 17.2 Å². The van der Waals surface area contributed by atoms with Crippen molar-refractivity contribution in [2.24, 2.45) is 0 Å². The molecule has 144 valence electrons. The number of hydrogen-bond acceptors (Lipinski definition) is 5. The van der Waals surface area contributed by atoms with Gasteiger partial charge in [-0.15, -0.1) is 0 Å². The summed E-state index contributed by atoms with van der Waals surface area (Å²) in [6.45, 7) is 1.88. The molecule has 1 heterocycles. The molecule has 1 atom stereocenters. The number of carboxylic acids is 1. The summed E-state index contributed by atoms with van der Waals surface area (Å²) >= 11 is 1.26. The molecule has 0 spiro atoms. The molecular weight excluding hydrogens is 374 g/mol. The molecule has 1 unspecified atom stereocenters. The van der Waals surface area contributed by atoms with Gasteiger partial charge in [-0.2, -0.15) is 5.26 Å². The maximum absolute atomic E-state index is 12.8. The van der Waals surface area contributed by atoms with Gasteiger partial charge in [0.15, 0.2) is 0 Å². The van der Waals surface area contributed by atoms with Gasteiger partial charge in [-0.25, -0.2) is 9.78 Å². The van der Waals surface area contributed by atoms with E-state index in [2.05, 4.69) is 16.4 Å². The third kappa shape index (κ3) is 4.34. The molecule has 7 heteroatoms. The van der Waals surface area contributed by atoms with Gasteiger partial charge in [-0.3, -0.25) is 4.79 Å². The normalized spacial score (nSPS) is 13.9. The minimum atomic E-state index is -1.10. The number of nitrogens with zero attached hydrogens (tertiary/aromatic N) is 2. The smallest absolute Gasteiger partial charge is 0.337 e. The van der Waals surface area contributed by atoms with Crippen LogP contribution >= 0.6 is 11.8 Å². The lowest BCUT2D eigenvalue weighted by atomic mass is 9.95. The van der Waals surface area contributed by atoms with Gasteiger partial charge < -0.3 is 10.4 Å². The SMILES string of the molecule is CCC(Sc1nc2c(cc1C#N)CCCC2)C(=O)Nc1ccccc1C(=O)O. The highest BCUT2D eigenvalue weighted by atomic mass is 32.2. The number of pyridine rings is 1. The molecule has 3 rings (SSSR count). The summed E-state index contributed by atoms with van der Waals surface area (Å²) < 4.78 is 0. The van der Waals surface area contributed by atoms with Crippen molar-refractivity contribution in [1.29, 1.82) is 5.26 Å². The highest BCUT2D eigenvalue weighted by Crippen LogP contribution is 2.31. The zero-order valence-electron chi connectivity index (χ0n) is 15.6. The number of amides is 1. The summed E-state index contributed by atoms with van der Waals surface area (Å²) in [7, 11) is 0. The molecule has 0 aliphatic heterocycles. The van der Waals surface area contributed by atoms with Gasteiger partial charge in [0.05, 0.1) is 22.1 Å². The van der Waals surface area contributed by atoms with Crippen LogP contribution in [-0.4, -0.2) is 27.2 Å². The Bertz CT molecular complexity index is 952. The Morgan fingerprint density at radius 2 is 2.07 bits per heavy atom. The minimum absolute atomic E-state index is 0.0420. The third-order valence-electron chi connectivity index (χ3n) is 4.72. The molecule has 0 bridgehead atoms. The number of aryl methyl sites for hydroxylation is 2. The van der Waals surface area contributed by atoms with Gasteiger partial charge >= 0.3 is 5.97 Å². The van der Waals surface area contributed by atoms with Gasteiger partial charge in [0.25, 0.3) is 0 Å². The van der Waals surface area contributed by atoms with E-state index < -0.39 is 11.2 Å². The summed E-state index contributed by atoms with van der Waals surface area (Å²) in [5, 5.41) is 21.6. The van der Waals surface area contributed by atoms with Crippen LogP contribution in [0.5, 0.6) is 0 Å². The van der Waals surface area contributed by atoms with Crippen molar-refractivity contribution in [2.75, 3.05) is 5.32 Å². The van der Waals surface area contributed by atoms with Gasteiger partial charge in [0.2, 0.25) is 5.91 Å². The predicted octanol–water partition coefficient (Wildman–Crippen LogP) is 4.04. The number of rotatable bonds is 6. The molecule has 0 radical (unpaired) electrons. The molecule has 0 fully saturated rings. The fourth-order valence-corrected chi connectivity index (χ4v) is 4.23. The maximum atomic E-state index is 12.8. The van der Waals surface area contributed by atoms with E-state index in [4.69, 9.17) is 0 Å². The lowest BCUT2D eigenvalue weighted by Crippen LogP contribution is -2.26. The molecule has 1 amide bonds. The summed E-state index contributed by atoms with van der Waals surface area (Å²) in [5.74, 6) is -1.40. The molecule has 0 saturated carbocycles. The standard InChI is InChI=1S/C21H21N3O3S/c1-2-18(19(25)23-17-10-6-4-8-15(17)21(26)27)28-20-14(12-22)11-13-7-3-5-9-16(13)24-20/h4,6,8,10-11,18H,2-3,5,7,9H2,1H3,(H,23,25)(H,26,27). The number of nitrogens with one attached hydrogen (secondary N) is 1. The van der Waals surface area contributed by atoms with Crippen LogP contribution in [0.3, 0.4) is 0 Å². The number of para-hydroxylation sites is 1. The van der Waals surface area contributed by atoms with E-state index in [9.17, 15) is 20.0 Å². The molecule has 6 nitrogen and oxygen atoms in total. The minimum Gasteiger partial charge on any atom is -0.478 e. The number of thioether (sulfide) groups is 1. The summed E-state index contributed by atoms with van der Waals surface area (Å²) in [6, 6.07) is 10.4. The molecule has 1 aromatic carbocycles. The molecule has 2 N–H and O–H groups in total. The van der Waals surface area contributed by atoms with Gasteiger partial charge in [-0.1, -0.05) is 30.8 Å². The van der Waals surface area contributed by atoms with Crippen LogP contribution in [0.25, 0.3) is 0 Å². The van der Waals surface area contributed by atoms with E-state index in [1.807, 2.05) is 13.0 Å². The number of anilines is 1. The van der Waals surface area contributed by atoms with Crippen molar-refractivity contribution < 1.29 is 14.7 Å². The Morgan fingerprint density at radius 1 is 1.32 bits per heavy atom. The van der Waals surface area contributed by atoms with Crippen molar-refractivity contribution in [2.45, 2.75) is 49.3 Å². The molecule has 1 aliphatic rings. The topological polar surface area (TPSA) is 103 Å². The van der Waals surface area contributed by atoms with Crippen LogP contribution in [0.1, 0.15) is 53.4 Å². The number of carboxylic acid groups (broad SMARTS) is 1. The average molecular weight is 395 g/mol. The molecule has 2 aromatic rings. The van der Waals surface area contributed by atoms with Crippen LogP contribution in [0.15, 0.2) is 35.4 Å². The van der Waals surface area contributed by atoms with Crippen molar-refractivity contribution in [3.05, 3.63) is 52.7 Å². The second kappa shape index (κ2) is 8.89. The number of aromatic carboxylic acids is 1. The second-order valence-corrected chi connectivity index (χ2v) is 7.81. The second-order valence-electron chi connectivity index (χ2n) is 6.62. The predicted molar refractivity (Wildman–Crippen MR) is 108 cm³/mol. The van der Waals surface area contributed by atoms with E-state index in [0.29, 0.717) is 17.0 Å². The van der Waals surface area contributed by atoms with Crippen molar-refractivity contribution in [3.63, 3.8) is 0 Å². The number of hydrogen-bond donors (Lipinski definition) is 2. The third-order valence-corrected chi connectivity index (χ3v) is 6.09. The number of nitriles is 1. The fraction of sp³-hybridized carbons (Fsp3) is 0.333. The Labute approximate surface area is 168 Å². The highest BCUT2D eigenvalue weighted by molar-refractivity contribution is 8.00. The number of carbonyl (C=O) groups excluding carboxylic acids is 1. The van der Waals surface area contributed by atoms with Crippen LogP contribution in [0, 0.1) is 11.3 Å². The number of carbonyl (C=O) groups is 2. The van der Waals surface area contributed by atoms with Crippen LogP contribution < -0.4 is 5.32 Å². The zero-order chi connectivity index (χ0) is 20.1. The van der Waals surface area contributed by atoms with Crippen LogP contribution in [0.4, 0.5) is 5.69 Å². The molecule has 1 aromatic heterocycles. The van der Waals surface area contributed by atoms with E-state index in [1.165, 1.54) is 17.8 Å². The van der Waals surface area contributed by atoms with Crippen molar-refractivity contribution >= 4 is 29.3 Å². The lowest BCUT2D eigenvalue weighted by Gasteiger charge is -2.19. The monoisotopic (exact) mass is 395 g/mol. The van der Waals surface area contributed by atoms with E-state index in [0.717, 1.165) is 36.9 Å². The molecular formula is C21H21N3O3S. The van der Waals surface area contributed by atoms with Crippen molar-refractivity contribution in [1.82, 2.24) is 4.98 Å². The summed E-state index contributed by atoms with van der Waals surface area (Å²) in [6.07, 6.45) is 4.54. The van der Waals surface area contributed by atoms with Crippen LogP contribution in [-0.2, 0) is 17.6 Å². The van der Waals surface area contributed by atoms with Gasteiger partial charge in [0.1, 0.15) is 11.1 Å². The van der Waals surface area contributed by atoms with Gasteiger partial charge in [0, 0.05) is 5.69 Å². The average Bonchev–Trinajstić information content (AvgIpc) is 2.71. The Balaban J connectivity index is 1.82. The van der Waals surface area contributed by atoms with E-state index in [1.54, 1.807) is 18.2 Å². The largest absolute Gasteiger partial charge is 0.478 e. The number of benzene rings is 1. The molecule has 0 saturated heterocycles. The van der Waals surface area contributed by atoms with Crippen molar-refractivity contribution in [3.8, 4) is 6.07 Å². The quantitative estimate of drug-likeness (QED) is 0.716. The summed E-state index contributed by atoms with van der Waals surface area (Å²) in [4.78, 5) is 28.8. The fourth-order valence-electron chi connectivity index (χ4n) is 3.23. The number of fused-ring (bicyclic) bond motifs is 1.